The van der Waals surface area contributed by atoms with Crippen molar-refractivity contribution in [3.8, 4) is 44.5 Å². The van der Waals surface area contributed by atoms with Crippen LogP contribution in [0.3, 0.4) is 0 Å². The van der Waals surface area contributed by atoms with Gasteiger partial charge in [0.05, 0.1) is 16.8 Å². The molecule has 0 atom stereocenters. The van der Waals surface area contributed by atoms with Gasteiger partial charge < -0.3 is 9.32 Å². The van der Waals surface area contributed by atoms with E-state index in [-0.39, 0.29) is 0 Å². The van der Waals surface area contributed by atoms with Gasteiger partial charge >= 0.3 is 0 Å². The van der Waals surface area contributed by atoms with E-state index < -0.39 is 0 Å². The van der Waals surface area contributed by atoms with Crippen LogP contribution in [0.2, 0.25) is 0 Å². The van der Waals surface area contributed by atoms with Crippen LogP contribution in [0, 0.1) is 0 Å². The van der Waals surface area contributed by atoms with Gasteiger partial charge in [0.15, 0.2) is 0 Å². The summed E-state index contributed by atoms with van der Waals surface area (Å²) in [5.41, 5.74) is 14.3. The first-order valence-electron chi connectivity index (χ1n) is 20.7. The minimum Gasteiger partial charge on any atom is -0.455 e. The Morgan fingerprint density at radius 3 is 1.66 bits per heavy atom. The average molecular weight is 796 g/mol. The SMILES string of the molecule is c1ccc(-c2ccc3c(c2)oc2c(-c4ccccc4)ccc(N(c4ccc(-c5ccc6ccccc6c5)cc4)c4cccc5sc6cc(-c7ccccc7)ccc6c45)c23)cc1. The summed E-state index contributed by atoms with van der Waals surface area (Å²) in [7, 11) is 0. The topological polar surface area (TPSA) is 16.4 Å². The highest BCUT2D eigenvalue weighted by Gasteiger charge is 2.25. The summed E-state index contributed by atoms with van der Waals surface area (Å²) in [5.74, 6) is 0. The molecule has 0 fully saturated rings. The van der Waals surface area contributed by atoms with E-state index in [4.69, 9.17) is 4.42 Å². The number of anilines is 3. The molecule has 0 aliphatic rings. The van der Waals surface area contributed by atoms with Crippen molar-refractivity contribution < 1.29 is 4.42 Å². The number of rotatable bonds is 7. The van der Waals surface area contributed by atoms with Crippen LogP contribution in [0.4, 0.5) is 17.1 Å². The summed E-state index contributed by atoms with van der Waals surface area (Å²) >= 11 is 1.85. The highest BCUT2D eigenvalue weighted by molar-refractivity contribution is 7.26. The van der Waals surface area contributed by atoms with Gasteiger partial charge in [-0.3, -0.25) is 0 Å². The molecule has 0 amide bonds. The zero-order valence-corrected chi connectivity index (χ0v) is 33.9. The molecule has 0 saturated heterocycles. The van der Waals surface area contributed by atoms with Gasteiger partial charge in [-0.2, -0.15) is 0 Å². The van der Waals surface area contributed by atoms with Crippen LogP contribution >= 0.6 is 11.3 Å². The maximum absolute atomic E-state index is 7.05. The van der Waals surface area contributed by atoms with Crippen LogP contribution in [0.25, 0.3) is 97.4 Å². The van der Waals surface area contributed by atoms with Crippen LogP contribution in [0.1, 0.15) is 0 Å². The summed E-state index contributed by atoms with van der Waals surface area (Å²) in [5, 5.41) is 7.12. The molecule has 2 heterocycles. The number of hydrogen-bond donors (Lipinski definition) is 0. The molecule has 0 aliphatic carbocycles. The molecule has 3 heteroatoms. The standard InChI is InChI=1S/C58H37NOS/c1-4-13-38(14-5-1)45-27-31-49-53(36-45)60-58-48(42-18-8-3-9-19-42)33-34-52(57(49)58)59(47-29-25-41(26-30-47)44-24-23-40-17-10-11-20-43(40)35-44)51-21-12-22-54-56(51)50-32-28-46(37-55(50)61-54)39-15-6-2-7-16-39/h1-37H. The van der Waals surface area contributed by atoms with E-state index in [1.165, 1.54) is 53.2 Å². The highest BCUT2D eigenvalue weighted by atomic mass is 32.1. The lowest BCUT2D eigenvalue weighted by molar-refractivity contribution is 0.670. The van der Waals surface area contributed by atoms with Crippen molar-refractivity contribution >= 4 is 81.3 Å². The third-order valence-corrected chi connectivity index (χ3v) is 13.2. The first-order chi connectivity index (χ1) is 30.2. The first-order valence-corrected chi connectivity index (χ1v) is 21.6. The molecule has 61 heavy (non-hydrogen) atoms. The van der Waals surface area contributed by atoms with Crippen molar-refractivity contribution in [2.75, 3.05) is 4.90 Å². The quantitative estimate of drug-likeness (QED) is 0.160. The van der Waals surface area contributed by atoms with Gasteiger partial charge in [0.25, 0.3) is 0 Å². The van der Waals surface area contributed by atoms with E-state index in [1.54, 1.807) is 0 Å². The molecule has 2 aromatic heterocycles. The van der Waals surface area contributed by atoms with Gasteiger partial charge in [0.1, 0.15) is 11.2 Å². The second kappa shape index (κ2) is 14.5. The molecule has 286 valence electrons. The number of hydrogen-bond acceptors (Lipinski definition) is 3. The average Bonchev–Trinajstić information content (AvgIpc) is 3.91. The zero-order chi connectivity index (χ0) is 40.3. The predicted molar refractivity (Wildman–Crippen MR) is 261 cm³/mol. The van der Waals surface area contributed by atoms with Gasteiger partial charge in [0, 0.05) is 36.8 Å². The van der Waals surface area contributed by atoms with Crippen molar-refractivity contribution in [1.82, 2.24) is 0 Å². The predicted octanol–water partition coefficient (Wildman–Crippen LogP) is 17.2. The van der Waals surface area contributed by atoms with Crippen molar-refractivity contribution in [2.24, 2.45) is 0 Å². The van der Waals surface area contributed by atoms with E-state index >= 15 is 0 Å². The second-order valence-electron chi connectivity index (χ2n) is 15.7. The Bertz CT molecular complexity index is 3570. The molecule has 10 aromatic carbocycles. The van der Waals surface area contributed by atoms with Gasteiger partial charge in [-0.25, -0.2) is 0 Å². The zero-order valence-electron chi connectivity index (χ0n) is 33.1. The summed E-state index contributed by atoms with van der Waals surface area (Å²) in [6.07, 6.45) is 0. The largest absolute Gasteiger partial charge is 0.455 e. The monoisotopic (exact) mass is 795 g/mol. The fourth-order valence-electron chi connectivity index (χ4n) is 9.09. The highest BCUT2D eigenvalue weighted by Crippen LogP contribution is 2.50. The maximum atomic E-state index is 7.05. The van der Waals surface area contributed by atoms with Crippen molar-refractivity contribution in [2.45, 2.75) is 0 Å². The molecule has 0 bridgehead atoms. The molecule has 12 rings (SSSR count). The van der Waals surface area contributed by atoms with Gasteiger partial charge in [-0.15, -0.1) is 11.3 Å². The number of benzene rings is 10. The molecular formula is C58H37NOS. The molecule has 12 aromatic rings. The number of nitrogens with zero attached hydrogens (tertiary/aromatic N) is 1. The smallest absolute Gasteiger partial charge is 0.145 e. The fourth-order valence-corrected chi connectivity index (χ4v) is 10.3. The Morgan fingerprint density at radius 2 is 0.918 bits per heavy atom. The third-order valence-electron chi connectivity index (χ3n) is 12.1. The van der Waals surface area contributed by atoms with Gasteiger partial charge in [-0.05, 0) is 110 Å². The summed E-state index contributed by atoms with van der Waals surface area (Å²) in [4.78, 5) is 2.46. The molecule has 0 N–H and O–H groups in total. The normalized spacial score (nSPS) is 11.6. The number of thiophene rings is 1. The Kier molecular flexibility index (Phi) is 8.39. The van der Waals surface area contributed by atoms with Crippen LogP contribution in [-0.4, -0.2) is 0 Å². The Hall–Kier alpha value is -7.72. The van der Waals surface area contributed by atoms with Crippen molar-refractivity contribution in [3.63, 3.8) is 0 Å². The molecule has 2 nitrogen and oxygen atoms in total. The number of furan rings is 1. The third kappa shape index (κ3) is 6.09. The molecule has 0 unspecified atom stereocenters. The minimum absolute atomic E-state index is 0.861. The fraction of sp³-hybridized carbons (Fsp3) is 0. The molecular weight excluding hydrogens is 759 g/mol. The van der Waals surface area contributed by atoms with Crippen LogP contribution in [-0.2, 0) is 0 Å². The van der Waals surface area contributed by atoms with E-state index in [1.807, 2.05) is 11.3 Å². The van der Waals surface area contributed by atoms with E-state index in [2.05, 4.69) is 229 Å². The Labute approximate surface area is 357 Å². The maximum Gasteiger partial charge on any atom is 0.145 e. The number of fused-ring (bicyclic) bond motifs is 7. The molecule has 0 aliphatic heterocycles. The Morgan fingerprint density at radius 1 is 0.344 bits per heavy atom. The van der Waals surface area contributed by atoms with Gasteiger partial charge in [0.2, 0.25) is 0 Å². The lowest BCUT2D eigenvalue weighted by Gasteiger charge is -2.28. The Balaban J connectivity index is 1.11. The summed E-state index contributed by atoms with van der Waals surface area (Å²) < 4.78 is 9.56. The lowest BCUT2D eigenvalue weighted by Crippen LogP contribution is -2.11. The van der Waals surface area contributed by atoms with Crippen LogP contribution in [0.15, 0.2) is 229 Å². The van der Waals surface area contributed by atoms with E-state index in [9.17, 15) is 0 Å². The summed E-state index contributed by atoms with van der Waals surface area (Å²) in [6, 6.07) is 81.1. The molecule has 0 radical (unpaired) electrons. The van der Waals surface area contributed by atoms with Crippen LogP contribution < -0.4 is 4.90 Å². The minimum atomic E-state index is 0.861. The molecule has 0 spiro atoms. The van der Waals surface area contributed by atoms with Crippen molar-refractivity contribution in [3.05, 3.63) is 224 Å². The second-order valence-corrected chi connectivity index (χ2v) is 16.7. The molecule has 0 saturated carbocycles. The van der Waals surface area contributed by atoms with Crippen LogP contribution in [0.5, 0.6) is 0 Å². The first kappa shape index (κ1) is 35.2. The van der Waals surface area contributed by atoms with Gasteiger partial charge in [-0.1, -0.05) is 164 Å². The van der Waals surface area contributed by atoms with Crippen molar-refractivity contribution in [1.29, 1.82) is 0 Å². The lowest BCUT2D eigenvalue weighted by atomic mass is 9.97. The van der Waals surface area contributed by atoms with E-state index in [0.717, 1.165) is 61.3 Å². The summed E-state index contributed by atoms with van der Waals surface area (Å²) in [6.45, 7) is 0. The van der Waals surface area contributed by atoms with E-state index in [0.29, 0.717) is 0 Å².